The minimum atomic E-state index is 0. The van der Waals surface area contributed by atoms with Crippen molar-refractivity contribution >= 4 is 18.2 Å². The van der Waals surface area contributed by atoms with Gasteiger partial charge in [-0.1, -0.05) is 20.8 Å². The van der Waals surface area contributed by atoms with Gasteiger partial charge in [0.2, 0.25) is 0 Å². The molecular formula is C10H16ClN3. The Morgan fingerprint density at radius 3 is 2.43 bits per heavy atom. The maximum absolute atomic E-state index is 7.25. The zero-order valence-electron chi connectivity index (χ0n) is 8.66. The number of rotatable bonds is 1. The van der Waals surface area contributed by atoms with Crippen molar-refractivity contribution in [3.05, 3.63) is 29.6 Å². The molecule has 1 heterocycles. The van der Waals surface area contributed by atoms with E-state index < -0.39 is 0 Å². The van der Waals surface area contributed by atoms with Crippen LogP contribution in [-0.2, 0) is 5.41 Å². The molecule has 0 bridgehead atoms. The number of hydrogen-bond acceptors (Lipinski definition) is 2. The van der Waals surface area contributed by atoms with Crippen LogP contribution in [-0.4, -0.2) is 10.8 Å². The van der Waals surface area contributed by atoms with E-state index in [0.29, 0.717) is 5.69 Å². The monoisotopic (exact) mass is 213 g/mol. The maximum atomic E-state index is 7.25. The molecule has 0 aliphatic heterocycles. The molecule has 0 unspecified atom stereocenters. The van der Waals surface area contributed by atoms with Gasteiger partial charge < -0.3 is 5.73 Å². The van der Waals surface area contributed by atoms with Crippen molar-refractivity contribution in [1.82, 2.24) is 4.98 Å². The first-order valence-corrected chi connectivity index (χ1v) is 4.22. The highest BCUT2D eigenvalue weighted by Gasteiger charge is 2.14. The quantitative estimate of drug-likeness (QED) is 0.554. The molecule has 1 rings (SSSR count). The molecular weight excluding hydrogens is 198 g/mol. The summed E-state index contributed by atoms with van der Waals surface area (Å²) in [6, 6.07) is 3.81. The molecule has 1 aromatic heterocycles. The summed E-state index contributed by atoms with van der Waals surface area (Å²) in [6.07, 6.45) is 1.69. The van der Waals surface area contributed by atoms with Crippen molar-refractivity contribution in [2.75, 3.05) is 0 Å². The summed E-state index contributed by atoms with van der Waals surface area (Å²) in [5, 5.41) is 7.25. The Morgan fingerprint density at radius 2 is 2.00 bits per heavy atom. The second-order valence-corrected chi connectivity index (χ2v) is 4.09. The van der Waals surface area contributed by atoms with Crippen LogP contribution in [0.5, 0.6) is 0 Å². The number of aromatic nitrogens is 1. The van der Waals surface area contributed by atoms with Gasteiger partial charge >= 0.3 is 0 Å². The molecule has 3 N–H and O–H groups in total. The van der Waals surface area contributed by atoms with Gasteiger partial charge in [0.05, 0.1) is 0 Å². The molecule has 3 nitrogen and oxygen atoms in total. The van der Waals surface area contributed by atoms with E-state index >= 15 is 0 Å². The molecule has 4 heteroatoms. The van der Waals surface area contributed by atoms with Crippen LogP contribution in [0.25, 0.3) is 0 Å². The van der Waals surface area contributed by atoms with Crippen LogP contribution >= 0.6 is 12.4 Å². The SMILES string of the molecule is CC(C)(C)c1ccnc(C(=N)N)c1.Cl. The second kappa shape index (κ2) is 4.42. The number of amidine groups is 1. The van der Waals surface area contributed by atoms with E-state index in [2.05, 4.69) is 25.8 Å². The van der Waals surface area contributed by atoms with Crippen LogP contribution in [0.4, 0.5) is 0 Å². The molecule has 0 spiro atoms. The summed E-state index contributed by atoms with van der Waals surface area (Å²) in [4.78, 5) is 4.00. The van der Waals surface area contributed by atoms with E-state index in [4.69, 9.17) is 11.1 Å². The summed E-state index contributed by atoms with van der Waals surface area (Å²) < 4.78 is 0. The maximum Gasteiger partial charge on any atom is 0.141 e. The number of halogens is 1. The van der Waals surface area contributed by atoms with Crippen LogP contribution in [0.2, 0.25) is 0 Å². The molecule has 0 saturated carbocycles. The van der Waals surface area contributed by atoms with Crippen molar-refractivity contribution in [3.8, 4) is 0 Å². The van der Waals surface area contributed by atoms with Gasteiger partial charge in [-0.2, -0.15) is 0 Å². The smallest absolute Gasteiger partial charge is 0.141 e. The van der Waals surface area contributed by atoms with Gasteiger partial charge in [-0.15, -0.1) is 12.4 Å². The van der Waals surface area contributed by atoms with E-state index in [1.807, 2.05) is 12.1 Å². The fourth-order valence-corrected chi connectivity index (χ4v) is 1.04. The number of nitrogens with one attached hydrogen (secondary N) is 1. The minimum absolute atomic E-state index is 0. The van der Waals surface area contributed by atoms with Gasteiger partial charge in [-0.25, -0.2) is 0 Å². The first-order chi connectivity index (χ1) is 5.91. The highest BCUT2D eigenvalue weighted by molar-refractivity contribution is 5.93. The highest BCUT2D eigenvalue weighted by atomic mass is 35.5. The van der Waals surface area contributed by atoms with Crippen LogP contribution in [0.3, 0.4) is 0 Å². The fourth-order valence-electron chi connectivity index (χ4n) is 1.04. The van der Waals surface area contributed by atoms with Crippen LogP contribution in [0.15, 0.2) is 18.3 Å². The third-order valence-electron chi connectivity index (χ3n) is 1.90. The average molecular weight is 214 g/mol. The van der Waals surface area contributed by atoms with Crippen molar-refractivity contribution < 1.29 is 0 Å². The van der Waals surface area contributed by atoms with Crippen molar-refractivity contribution in [1.29, 1.82) is 5.41 Å². The molecule has 1 aromatic rings. The predicted octanol–water partition coefficient (Wildman–Crippen LogP) is 2.08. The minimum Gasteiger partial charge on any atom is -0.382 e. The largest absolute Gasteiger partial charge is 0.382 e. The normalized spacial score (nSPS) is 10.5. The van der Waals surface area contributed by atoms with E-state index in [0.717, 1.165) is 5.56 Å². The summed E-state index contributed by atoms with van der Waals surface area (Å²) >= 11 is 0. The number of nitrogen functional groups attached to an aromatic ring is 1. The van der Waals surface area contributed by atoms with E-state index in [1.54, 1.807) is 6.20 Å². The Balaban J connectivity index is 0.00000169. The zero-order valence-corrected chi connectivity index (χ0v) is 9.48. The molecule has 0 aromatic carbocycles. The summed E-state index contributed by atoms with van der Waals surface area (Å²) in [5.41, 5.74) is 7.12. The summed E-state index contributed by atoms with van der Waals surface area (Å²) in [7, 11) is 0. The Labute approximate surface area is 90.7 Å². The molecule has 78 valence electrons. The molecule has 14 heavy (non-hydrogen) atoms. The van der Waals surface area contributed by atoms with E-state index in [1.165, 1.54) is 0 Å². The summed E-state index contributed by atoms with van der Waals surface area (Å²) in [6.45, 7) is 6.35. The molecule has 0 fully saturated rings. The average Bonchev–Trinajstić information content (AvgIpc) is 2.03. The Morgan fingerprint density at radius 1 is 1.43 bits per heavy atom. The highest BCUT2D eigenvalue weighted by Crippen LogP contribution is 2.21. The van der Waals surface area contributed by atoms with Crippen molar-refractivity contribution in [2.45, 2.75) is 26.2 Å². The summed E-state index contributed by atoms with van der Waals surface area (Å²) in [5.74, 6) is 0.0195. The van der Waals surface area contributed by atoms with Crippen LogP contribution in [0.1, 0.15) is 32.0 Å². The number of hydrogen-bond donors (Lipinski definition) is 2. The predicted molar refractivity (Wildman–Crippen MR) is 61.2 cm³/mol. The van der Waals surface area contributed by atoms with Gasteiger partial charge in [0.25, 0.3) is 0 Å². The lowest BCUT2D eigenvalue weighted by molar-refractivity contribution is 0.589. The molecule has 0 radical (unpaired) electrons. The van der Waals surface area contributed by atoms with Gasteiger partial charge in [0, 0.05) is 6.20 Å². The topological polar surface area (TPSA) is 62.8 Å². The van der Waals surface area contributed by atoms with Crippen LogP contribution in [0, 0.1) is 5.41 Å². The zero-order chi connectivity index (χ0) is 10.1. The number of pyridine rings is 1. The fraction of sp³-hybridized carbons (Fsp3) is 0.400. The third-order valence-corrected chi connectivity index (χ3v) is 1.90. The van der Waals surface area contributed by atoms with Crippen LogP contribution < -0.4 is 5.73 Å². The van der Waals surface area contributed by atoms with E-state index in [-0.39, 0.29) is 23.7 Å². The lowest BCUT2D eigenvalue weighted by Crippen LogP contribution is -2.17. The Kier molecular flexibility index (Phi) is 4.08. The van der Waals surface area contributed by atoms with Gasteiger partial charge in [-0.3, -0.25) is 10.4 Å². The van der Waals surface area contributed by atoms with Gasteiger partial charge in [0.1, 0.15) is 11.5 Å². The van der Waals surface area contributed by atoms with Crippen molar-refractivity contribution in [2.24, 2.45) is 5.73 Å². The third kappa shape index (κ3) is 3.00. The standard InChI is InChI=1S/C10H15N3.ClH/c1-10(2,3)7-4-5-13-8(6-7)9(11)12;/h4-6H,1-3H3,(H3,11,12);1H. The number of nitrogens with two attached hydrogens (primary N) is 1. The first kappa shape index (κ1) is 12.9. The lowest BCUT2D eigenvalue weighted by atomic mass is 9.87. The Hall–Kier alpha value is -1.09. The van der Waals surface area contributed by atoms with Gasteiger partial charge in [-0.05, 0) is 23.1 Å². The lowest BCUT2D eigenvalue weighted by Gasteiger charge is -2.18. The Bertz CT molecular complexity index is 328. The molecule has 0 amide bonds. The molecule has 0 aliphatic carbocycles. The van der Waals surface area contributed by atoms with E-state index in [9.17, 15) is 0 Å². The second-order valence-electron chi connectivity index (χ2n) is 4.09. The van der Waals surface area contributed by atoms with Crippen molar-refractivity contribution in [3.63, 3.8) is 0 Å². The van der Waals surface area contributed by atoms with Gasteiger partial charge in [0.15, 0.2) is 0 Å². The first-order valence-electron chi connectivity index (χ1n) is 4.22. The molecule has 0 aliphatic rings. The molecule has 0 saturated heterocycles. The molecule has 0 atom stereocenters. The number of nitrogens with zero attached hydrogens (tertiary/aromatic N) is 1.